The normalized spacial score (nSPS) is 15.7. The van der Waals surface area contributed by atoms with Crippen LogP contribution in [-0.4, -0.2) is 50.1 Å². The first-order chi connectivity index (χ1) is 13.9. The highest BCUT2D eigenvalue weighted by molar-refractivity contribution is 7.93. The standard InChI is InChI=1S/C20H27N3O5S/c1-4-23-20(25)15(13-21-23)18(24)14-9-10-16(27-3)17(19(14)28-5-2)22-29(26)11-7-6-8-12-29/h9-10,13,25H,4-8,11-12H2,1-3H3. The lowest BCUT2D eigenvalue weighted by atomic mass is 10.0. The SMILES string of the molecule is CCOc1c(C(=O)c2cnn(CC)c2O)ccc(OC)c1N=S1(=O)CCCCC1. The maximum atomic E-state index is 13.2. The summed E-state index contributed by atoms with van der Waals surface area (Å²) in [6.07, 6.45) is 4.09. The largest absolute Gasteiger partial charge is 0.494 e. The molecule has 0 bridgehead atoms. The van der Waals surface area contributed by atoms with E-state index in [-0.39, 0.29) is 35.1 Å². The second-order valence-electron chi connectivity index (χ2n) is 6.79. The molecule has 2 aromatic rings. The molecule has 1 aliphatic heterocycles. The zero-order valence-corrected chi connectivity index (χ0v) is 17.8. The third kappa shape index (κ3) is 4.24. The van der Waals surface area contributed by atoms with Crippen LogP contribution in [0.5, 0.6) is 17.4 Å². The van der Waals surface area contributed by atoms with Gasteiger partial charge in [-0.3, -0.25) is 4.79 Å². The van der Waals surface area contributed by atoms with Crippen LogP contribution in [0.25, 0.3) is 0 Å². The number of ether oxygens (including phenoxy) is 2. The van der Waals surface area contributed by atoms with Crippen LogP contribution >= 0.6 is 0 Å². The molecule has 1 aromatic carbocycles. The fourth-order valence-electron chi connectivity index (χ4n) is 3.38. The van der Waals surface area contributed by atoms with Gasteiger partial charge >= 0.3 is 0 Å². The molecule has 0 atom stereocenters. The lowest BCUT2D eigenvalue weighted by Crippen LogP contribution is -2.16. The van der Waals surface area contributed by atoms with Gasteiger partial charge < -0.3 is 14.6 Å². The van der Waals surface area contributed by atoms with Crippen molar-refractivity contribution < 1.29 is 23.6 Å². The number of hydrogen-bond donors (Lipinski definition) is 1. The number of carbonyl (C=O) groups is 1. The Hall–Kier alpha value is -2.55. The van der Waals surface area contributed by atoms with E-state index < -0.39 is 15.5 Å². The van der Waals surface area contributed by atoms with Crippen LogP contribution in [-0.2, 0) is 16.3 Å². The topological polar surface area (TPSA) is 103 Å². The van der Waals surface area contributed by atoms with Gasteiger partial charge in [-0.25, -0.2) is 8.89 Å². The Kier molecular flexibility index (Phi) is 6.46. The van der Waals surface area contributed by atoms with Gasteiger partial charge in [0, 0.05) is 18.1 Å². The number of nitrogens with zero attached hydrogens (tertiary/aromatic N) is 3. The fraction of sp³-hybridized carbons (Fsp3) is 0.500. The van der Waals surface area contributed by atoms with E-state index in [1.54, 1.807) is 19.1 Å². The highest BCUT2D eigenvalue weighted by atomic mass is 32.2. The average molecular weight is 422 g/mol. The molecule has 1 aliphatic rings. The quantitative estimate of drug-likeness (QED) is 0.686. The van der Waals surface area contributed by atoms with E-state index in [1.807, 2.05) is 6.92 Å². The number of ketones is 1. The van der Waals surface area contributed by atoms with Crippen LogP contribution in [0.4, 0.5) is 5.69 Å². The lowest BCUT2D eigenvalue weighted by Gasteiger charge is -2.19. The second-order valence-corrected chi connectivity index (χ2v) is 9.33. The van der Waals surface area contributed by atoms with E-state index in [4.69, 9.17) is 9.47 Å². The van der Waals surface area contributed by atoms with Crippen LogP contribution < -0.4 is 9.47 Å². The predicted octanol–water partition coefficient (Wildman–Crippen LogP) is 3.53. The average Bonchev–Trinajstić information content (AvgIpc) is 3.09. The first-order valence-electron chi connectivity index (χ1n) is 9.79. The number of carbonyl (C=O) groups excluding carboxylic acids is 1. The molecule has 1 saturated heterocycles. The van der Waals surface area contributed by atoms with E-state index in [9.17, 15) is 14.1 Å². The molecule has 0 spiro atoms. The van der Waals surface area contributed by atoms with E-state index in [0.29, 0.717) is 23.8 Å². The van der Waals surface area contributed by atoms with Crippen molar-refractivity contribution in [1.82, 2.24) is 9.78 Å². The Balaban J connectivity index is 2.18. The number of methoxy groups -OCH3 is 1. The molecule has 0 amide bonds. The Morgan fingerprint density at radius 1 is 1.24 bits per heavy atom. The minimum Gasteiger partial charge on any atom is -0.494 e. The molecule has 1 fully saturated rings. The number of rotatable bonds is 7. The summed E-state index contributed by atoms with van der Waals surface area (Å²) in [6, 6.07) is 3.18. The van der Waals surface area contributed by atoms with Gasteiger partial charge in [0.1, 0.15) is 11.3 Å². The molecule has 0 saturated carbocycles. The smallest absolute Gasteiger partial charge is 0.220 e. The second kappa shape index (κ2) is 8.86. The molecule has 29 heavy (non-hydrogen) atoms. The number of benzene rings is 1. The minimum atomic E-state index is -2.44. The van der Waals surface area contributed by atoms with Gasteiger partial charge in [0.15, 0.2) is 11.4 Å². The van der Waals surface area contributed by atoms with Crippen molar-refractivity contribution in [3.8, 4) is 17.4 Å². The van der Waals surface area contributed by atoms with Gasteiger partial charge in [0.2, 0.25) is 11.7 Å². The molecule has 8 nitrogen and oxygen atoms in total. The molecular weight excluding hydrogens is 394 g/mol. The molecule has 0 radical (unpaired) electrons. The number of aromatic hydroxyl groups is 1. The Bertz CT molecular complexity index is 1010. The van der Waals surface area contributed by atoms with Gasteiger partial charge in [0.05, 0.1) is 35.2 Å². The fourth-order valence-corrected chi connectivity index (χ4v) is 5.58. The van der Waals surface area contributed by atoms with Gasteiger partial charge in [0.25, 0.3) is 0 Å². The van der Waals surface area contributed by atoms with Crippen LogP contribution in [0.2, 0.25) is 0 Å². The van der Waals surface area contributed by atoms with Gasteiger partial charge in [-0.1, -0.05) is 6.42 Å². The van der Waals surface area contributed by atoms with E-state index in [1.165, 1.54) is 18.0 Å². The third-order valence-corrected chi connectivity index (χ3v) is 7.26. The summed E-state index contributed by atoms with van der Waals surface area (Å²) < 4.78 is 30.3. The van der Waals surface area contributed by atoms with Crippen molar-refractivity contribution in [2.45, 2.75) is 39.7 Å². The number of aromatic nitrogens is 2. The van der Waals surface area contributed by atoms with Gasteiger partial charge in [-0.05, 0) is 38.8 Å². The molecule has 1 N–H and O–H groups in total. The molecule has 9 heteroatoms. The van der Waals surface area contributed by atoms with E-state index in [2.05, 4.69) is 9.46 Å². The van der Waals surface area contributed by atoms with E-state index in [0.717, 1.165) is 19.3 Å². The molecule has 1 aromatic heterocycles. The summed E-state index contributed by atoms with van der Waals surface area (Å²) in [5.41, 5.74) is 0.580. The predicted molar refractivity (Wildman–Crippen MR) is 111 cm³/mol. The summed E-state index contributed by atoms with van der Waals surface area (Å²) in [6.45, 7) is 4.34. The van der Waals surface area contributed by atoms with Gasteiger partial charge in [-0.15, -0.1) is 0 Å². The van der Waals surface area contributed by atoms with Crippen LogP contribution in [0.1, 0.15) is 49.0 Å². The third-order valence-electron chi connectivity index (χ3n) is 4.89. The minimum absolute atomic E-state index is 0.0748. The maximum Gasteiger partial charge on any atom is 0.220 e. The van der Waals surface area contributed by atoms with Crippen molar-refractivity contribution >= 4 is 21.2 Å². The highest BCUT2D eigenvalue weighted by Crippen LogP contribution is 2.43. The van der Waals surface area contributed by atoms with Crippen molar-refractivity contribution in [2.24, 2.45) is 4.36 Å². The summed E-state index contributed by atoms with van der Waals surface area (Å²) in [7, 11) is -0.948. The monoisotopic (exact) mass is 421 g/mol. The Labute approximate surface area is 171 Å². The zero-order chi connectivity index (χ0) is 21.0. The van der Waals surface area contributed by atoms with Crippen LogP contribution in [0, 0.1) is 0 Å². The van der Waals surface area contributed by atoms with E-state index >= 15 is 0 Å². The molecule has 0 aliphatic carbocycles. The number of hydrogen-bond acceptors (Lipinski definition) is 7. The summed E-state index contributed by atoms with van der Waals surface area (Å²) >= 11 is 0. The molecule has 0 unspecified atom stereocenters. The first-order valence-corrected chi connectivity index (χ1v) is 11.6. The van der Waals surface area contributed by atoms with Crippen LogP contribution in [0.3, 0.4) is 0 Å². The van der Waals surface area contributed by atoms with Crippen LogP contribution in [0.15, 0.2) is 22.7 Å². The summed E-state index contributed by atoms with van der Waals surface area (Å²) in [5, 5.41) is 14.3. The Morgan fingerprint density at radius 3 is 2.55 bits per heavy atom. The van der Waals surface area contributed by atoms with Crippen molar-refractivity contribution in [2.75, 3.05) is 25.2 Å². The first kappa shape index (κ1) is 21.2. The molecule has 2 heterocycles. The molecule has 158 valence electrons. The van der Waals surface area contributed by atoms with Crippen molar-refractivity contribution in [3.05, 3.63) is 29.5 Å². The lowest BCUT2D eigenvalue weighted by molar-refractivity contribution is 0.103. The highest BCUT2D eigenvalue weighted by Gasteiger charge is 2.26. The maximum absolute atomic E-state index is 13.2. The Morgan fingerprint density at radius 2 is 1.97 bits per heavy atom. The van der Waals surface area contributed by atoms with Crippen molar-refractivity contribution in [3.63, 3.8) is 0 Å². The van der Waals surface area contributed by atoms with Gasteiger partial charge in [-0.2, -0.15) is 9.46 Å². The summed E-state index contributed by atoms with van der Waals surface area (Å²) in [5.74, 6) is 1.00. The zero-order valence-electron chi connectivity index (χ0n) is 17.0. The molecular formula is C20H27N3O5S. The summed E-state index contributed by atoms with van der Waals surface area (Å²) in [4.78, 5) is 13.2. The number of aryl methyl sites for hydroxylation is 1. The molecule has 3 rings (SSSR count). The van der Waals surface area contributed by atoms with Crippen molar-refractivity contribution in [1.29, 1.82) is 0 Å².